The van der Waals surface area contributed by atoms with Crippen LogP contribution in [-0.4, -0.2) is 34.1 Å². The molecular weight excluding hydrogens is 366 g/mol. The number of carbonyl (C=O) groups is 1. The fraction of sp³-hybridized carbons (Fsp3) is 0.250. The predicted octanol–water partition coefficient (Wildman–Crippen LogP) is 2.65. The largest absolute Gasteiger partial charge is 0.371 e. The number of nitrogens with one attached hydrogen (secondary N) is 1. The number of nitrogens with zero attached hydrogens (tertiary/aromatic N) is 3. The second-order valence-corrected chi connectivity index (χ2v) is 6.52. The zero-order valence-electron chi connectivity index (χ0n) is 14.9. The lowest BCUT2D eigenvalue weighted by atomic mass is 9.97. The van der Waals surface area contributed by atoms with Crippen molar-refractivity contribution in [3.8, 4) is 0 Å². The average Bonchev–Trinajstić information content (AvgIpc) is 3.18. The maximum atomic E-state index is 13.8. The highest BCUT2D eigenvalue weighted by atomic mass is 19.1. The summed E-state index contributed by atoms with van der Waals surface area (Å²) < 4.78 is 34.5. The van der Waals surface area contributed by atoms with Crippen molar-refractivity contribution in [1.29, 1.82) is 0 Å². The van der Waals surface area contributed by atoms with Gasteiger partial charge < -0.3 is 10.1 Å². The van der Waals surface area contributed by atoms with Crippen LogP contribution >= 0.6 is 0 Å². The first kappa shape index (κ1) is 18.2. The number of hydrogen-bond donors (Lipinski definition) is 1. The minimum absolute atomic E-state index is 0.0702. The van der Waals surface area contributed by atoms with Crippen LogP contribution in [0.4, 0.5) is 8.78 Å². The number of fused-ring (bicyclic) bond motifs is 1. The fourth-order valence-corrected chi connectivity index (χ4v) is 3.25. The third-order valence-corrected chi connectivity index (χ3v) is 4.69. The lowest BCUT2D eigenvalue weighted by Crippen LogP contribution is -2.32. The summed E-state index contributed by atoms with van der Waals surface area (Å²) >= 11 is 0. The van der Waals surface area contributed by atoms with Crippen LogP contribution in [0.15, 0.2) is 48.7 Å². The van der Waals surface area contributed by atoms with E-state index in [0.29, 0.717) is 13.2 Å². The van der Waals surface area contributed by atoms with Crippen LogP contribution in [0.25, 0.3) is 0 Å². The average molecular weight is 384 g/mol. The molecule has 1 N–H and O–H groups in total. The molecule has 0 radical (unpaired) electrons. The van der Waals surface area contributed by atoms with Crippen molar-refractivity contribution in [3.63, 3.8) is 0 Å². The van der Waals surface area contributed by atoms with Crippen LogP contribution in [0.2, 0.25) is 0 Å². The summed E-state index contributed by atoms with van der Waals surface area (Å²) in [5.74, 6) is -1.77. The number of carbonyl (C=O) groups excluding carboxylic acids is 1. The lowest BCUT2D eigenvalue weighted by molar-refractivity contribution is 0.0411. The molecule has 144 valence electrons. The molecule has 0 saturated carbocycles. The highest BCUT2D eigenvalue weighted by molar-refractivity contribution is 5.91. The summed E-state index contributed by atoms with van der Waals surface area (Å²) in [4.78, 5) is 12.4. The third kappa shape index (κ3) is 3.77. The minimum atomic E-state index is -0.672. The van der Waals surface area contributed by atoms with Gasteiger partial charge in [-0.2, -0.15) is 0 Å². The minimum Gasteiger partial charge on any atom is -0.371 e. The van der Waals surface area contributed by atoms with E-state index in [1.165, 1.54) is 34.6 Å². The van der Waals surface area contributed by atoms with Crippen LogP contribution < -0.4 is 5.32 Å². The fourth-order valence-electron chi connectivity index (χ4n) is 3.25. The Labute approximate surface area is 160 Å². The van der Waals surface area contributed by atoms with Crippen LogP contribution in [-0.2, 0) is 17.7 Å². The molecule has 1 aliphatic heterocycles. The first-order chi connectivity index (χ1) is 13.6. The van der Waals surface area contributed by atoms with Gasteiger partial charge in [0.25, 0.3) is 5.91 Å². The molecule has 3 aromatic rings. The van der Waals surface area contributed by atoms with Crippen molar-refractivity contribution >= 4 is 5.91 Å². The summed E-state index contributed by atoms with van der Waals surface area (Å²) in [6.45, 7) is 0.741. The van der Waals surface area contributed by atoms with Gasteiger partial charge in [0.1, 0.15) is 17.7 Å². The topological polar surface area (TPSA) is 69.0 Å². The Morgan fingerprint density at radius 2 is 1.96 bits per heavy atom. The van der Waals surface area contributed by atoms with E-state index >= 15 is 0 Å². The molecule has 1 unspecified atom stereocenters. The molecule has 1 aromatic heterocycles. The van der Waals surface area contributed by atoms with Crippen molar-refractivity contribution in [2.75, 3.05) is 13.2 Å². The van der Waals surface area contributed by atoms with Gasteiger partial charge in [-0.1, -0.05) is 35.5 Å². The summed E-state index contributed by atoms with van der Waals surface area (Å²) in [7, 11) is 0. The number of amides is 1. The van der Waals surface area contributed by atoms with Crippen molar-refractivity contribution < 1.29 is 18.3 Å². The van der Waals surface area contributed by atoms with Crippen LogP contribution in [0.5, 0.6) is 0 Å². The Hall–Kier alpha value is -3.13. The van der Waals surface area contributed by atoms with Crippen molar-refractivity contribution in [2.24, 2.45) is 0 Å². The number of halogens is 2. The molecule has 0 bridgehead atoms. The van der Waals surface area contributed by atoms with E-state index in [9.17, 15) is 13.6 Å². The van der Waals surface area contributed by atoms with Gasteiger partial charge in [-0.25, -0.2) is 13.5 Å². The predicted molar refractivity (Wildman–Crippen MR) is 96.7 cm³/mol. The van der Waals surface area contributed by atoms with Gasteiger partial charge in [0, 0.05) is 12.1 Å². The second kappa shape index (κ2) is 7.85. The molecule has 0 aliphatic carbocycles. The van der Waals surface area contributed by atoms with Crippen molar-refractivity contribution in [1.82, 2.24) is 20.3 Å². The van der Waals surface area contributed by atoms with E-state index in [1.807, 2.05) is 18.2 Å². The lowest BCUT2D eigenvalue weighted by Gasteiger charge is -2.26. The first-order valence-corrected chi connectivity index (χ1v) is 8.92. The van der Waals surface area contributed by atoms with Crippen LogP contribution in [0, 0.1) is 11.6 Å². The third-order valence-electron chi connectivity index (χ3n) is 4.69. The van der Waals surface area contributed by atoms with Gasteiger partial charge in [-0.3, -0.25) is 4.79 Å². The molecule has 4 rings (SSSR count). The first-order valence-electron chi connectivity index (χ1n) is 8.92. The maximum Gasteiger partial charge on any atom is 0.273 e. The molecule has 2 heterocycles. The Morgan fingerprint density at radius 3 is 2.79 bits per heavy atom. The van der Waals surface area contributed by atoms with Gasteiger partial charge in [-0.05, 0) is 29.7 Å². The number of aromatic nitrogens is 3. The van der Waals surface area contributed by atoms with E-state index in [-0.39, 0.29) is 23.9 Å². The van der Waals surface area contributed by atoms with Gasteiger partial charge >= 0.3 is 0 Å². The molecule has 1 aliphatic rings. The Balaban J connectivity index is 1.40. The summed E-state index contributed by atoms with van der Waals surface area (Å²) in [5.41, 5.74) is 2.21. The highest BCUT2D eigenvalue weighted by Crippen LogP contribution is 2.26. The molecule has 28 heavy (non-hydrogen) atoms. The van der Waals surface area contributed by atoms with Gasteiger partial charge in [-0.15, -0.1) is 5.10 Å². The molecule has 8 heteroatoms. The van der Waals surface area contributed by atoms with E-state index in [4.69, 9.17) is 4.74 Å². The molecule has 0 spiro atoms. The zero-order chi connectivity index (χ0) is 19.5. The van der Waals surface area contributed by atoms with Gasteiger partial charge in [0.05, 0.1) is 19.3 Å². The molecule has 6 nitrogen and oxygen atoms in total. The molecule has 0 saturated heterocycles. The smallest absolute Gasteiger partial charge is 0.273 e. The summed E-state index contributed by atoms with van der Waals surface area (Å²) in [5, 5.41) is 10.4. The molecular formula is C20H18F2N4O2. The normalized spacial score (nSPS) is 15.9. The Bertz CT molecular complexity index is 985. The summed E-state index contributed by atoms with van der Waals surface area (Å²) in [6.07, 6.45) is 1.98. The van der Waals surface area contributed by atoms with Crippen LogP contribution in [0.3, 0.4) is 0 Å². The monoisotopic (exact) mass is 384 g/mol. The molecule has 0 fully saturated rings. The highest BCUT2D eigenvalue weighted by Gasteiger charge is 2.22. The van der Waals surface area contributed by atoms with E-state index < -0.39 is 17.5 Å². The van der Waals surface area contributed by atoms with E-state index in [1.54, 1.807) is 0 Å². The zero-order valence-corrected chi connectivity index (χ0v) is 14.9. The van der Waals surface area contributed by atoms with E-state index in [2.05, 4.69) is 21.7 Å². The summed E-state index contributed by atoms with van der Waals surface area (Å²) in [6, 6.07) is 11.6. The SMILES string of the molecule is O=C(NCC1OCCc2ccccc21)c1cn(Cc2c(F)cccc2F)nn1. The maximum absolute atomic E-state index is 13.8. The van der Waals surface area contributed by atoms with Crippen molar-refractivity contribution in [3.05, 3.63) is 82.7 Å². The quantitative estimate of drug-likeness (QED) is 0.734. The number of hydrogen-bond acceptors (Lipinski definition) is 4. The Kier molecular flexibility index (Phi) is 5.12. The number of rotatable bonds is 5. The van der Waals surface area contributed by atoms with Gasteiger partial charge in [0.15, 0.2) is 5.69 Å². The van der Waals surface area contributed by atoms with Gasteiger partial charge in [0.2, 0.25) is 0 Å². The number of ether oxygens (including phenoxy) is 1. The second-order valence-electron chi connectivity index (χ2n) is 6.52. The Morgan fingerprint density at radius 1 is 1.18 bits per heavy atom. The molecule has 2 aromatic carbocycles. The molecule has 1 amide bonds. The van der Waals surface area contributed by atoms with Crippen molar-refractivity contribution in [2.45, 2.75) is 19.1 Å². The molecule has 1 atom stereocenters. The van der Waals surface area contributed by atoms with E-state index in [0.717, 1.165) is 12.0 Å². The van der Waals surface area contributed by atoms with Crippen LogP contribution in [0.1, 0.15) is 33.3 Å². The number of benzene rings is 2. The standard InChI is InChI=1S/C20H18F2N4O2/c21-16-6-3-7-17(22)15(16)11-26-12-18(24-25-26)20(27)23-10-19-14-5-2-1-4-13(14)8-9-28-19/h1-7,12,19H,8-11H2,(H,23,27).